The molecule has 0 fully saturated rings. The fraction of sp³-hybridized carbons (Fsp3) is 0.167. The van der Waals surface area contributed by atoms with Crippen molar-refractivity contribution >= 4 is 28.2 Å². The number of fused-ring (bicyclic) bond motifs is 1. The Morgan fingerprint density at radius 2 is 1.86 bits per heavy atom. The molecule has 2 aromatic carbocycles. The lowest BCUT2D eigenvalue weighted by atomic mass is 10.1. The van der Waals surface area contributed by atoms with E-state index in [9.17, 15) is 0 Å². The number of aryl methyl sites for hydroxylation is 1. The van der Waals surface area contributed by atoms with Gasteiger partial charge in [-0.3, -0.25) is 4.98 Å². The lowest BCUT2D eigenvalue weighted by molar-refractivity contribution is 1.09. The van der Waals surface area contributed by atoms with E-state index in [4.69, 9.17) is 11.6 Å². The minimum Gasteiger partial charge on any atom is -0.381 e. The van der Waals surface area contributed by atoms with Crippen LogP contribution in [0.5, 0.6) is 0 Å². The lowest BCUT2D eigenvalue weighted by Gasteiger charge is -2.12. The van der Waals surface area contributed by atoms with E-state index in [0.717, 1.165) is 34.5 Å². The van der Waals surface area contributed by atoms with E-state index >= 15 is 0 Å². The Morgan fingerprint density at radius 1 is 1.00 bits per heavy atom. The molecule has 0 saturated carbocycles. The number of nitrogens with one attached hydrogen (secondary N) is 1. The molecule has 0 aliphatic rings. The second kappa shape index (κ2) is 6.15. The molecule has 2 nitrogen and oxygen atoms in total. The van der Waals surface area contributed by atoms with Crippen LogP contribution in [0.25, 0.3) is 10.9 Å². The summed E-state index contributed by atoms with van der Waals surface area (Å²) in [6.07, 6.45) is 2.82. The second-order valence-electron chi connectivity index (χ2n) is 4.97. The van der Waals surface area contributed by atoms with Crippen molar-refractivity contribution in [3.05, 3.63) is 70.9 Å². The van der Waals surface area contributed by atoms with Crippen molar-refractivity contribution in [2.24, 2.45) is 0 Å². The Morgan fingerprint density at radius 3 is 2.71 bits per heavy atom. The van der Waals surface area contributed by atoms with Crippen molar-refractivity contribution in [1.29, 1.82) is 0 Å². The number of hydrogen-bond acceptors (Lipinski definition) is 2. The molecule has 3 rings (SSSR count). The molecule has 0 aliphatic heterocycles. The van der Waals surface area contributed by atoms with Gasteiger partial charge in [-0.2, -0.15) is 0 Å². The fourth-order valence-electron chi connectivity index (χ4n) is 2.53. The van der Waals surface area contributed by atoms with E-state index in [-0.39, 0.29) is 0 Å². The Bertz CT molecular complexity index is 768. The van der Waals surface area contributed by atoms with E-state index < -0.39 is 0 Å². The molecule has 3 aromatic rings. The van der Waals surface area contributed by atoms with Crippen LogP contribution in [0.15, 0.2) is 54.7 Å². The summed E-state index contributed by atoms with van der Waals surface area (Å²) >= 11 is 6.23. The van der Waals surface area contributed by atoms with Crippen molar-refractivity contribution < 1.29 is 0 Å². The van der Waals surface area contributed by atoms with Gasteiger partial charge in [0.05, 0.1) is 5.52 Å². The van der Waals surface area contributed by atoms with Gasteiger partial charge in [-0.1, -0.05) is 42.8 Å². The highest BCUT2D eigenvalue weighted by Gasteiger charge is 2.06. The van der Waals surface area contributed by atoms with E-state index in [1.807, 2.05) is 30.5 Å². The van der Waals surface area contributed by atoms with Crippen LogP contribution in [0.3, 0.4) is 0 Å². The number of para-hydroxylation sites is 1. The molecule has 3 heteroatoms. The van der Waals surface area contributed by atoms with Gasteiger partial charge in [0.2, 0.25) is 0 Å². The minimum atomic E-state index is 0.738. The molecule has 0 atom stereocenters. The van der Waals surface area contributed by atoms with Gasteiger partial charge < -0.3 is 5.32 Å². The number of hydrogen-bond donors (Lipinski definition) is 1. The number of nitrogens with zero attached hydrogens (tertiary/aromatic N) is 1. The molecule has 106 valence electrons. The van der Waals surface area contributed by atoms with Gasteiger partial charge in [0.25, 0.3) is 0 Å². The largest absolute Gasteiger partial charge is 0.381 e. The Balaban J connectivity index is 1.91. The van der Waals surface area contributed by atoms with Gasteiger partial charge in [-0.25, -0.2) is 0 Å². The Labute approximate surface area is 129 Å². The standard InChI is InChI=1S/C18H17ClN2/c1-2-13-6-3-4-8-17(13)21-12-14-9-10-16(19)15-7-5-11-20-18(14)15/h3-11,21H,2,12H2,1H3. The number of benzene rings is 2. The monoisotopic (exact) mass is 296 g/mol. The van der Waals surface area contributed by atoms with Crippen molar-refractivity contribution in [3.63, 3.8) is 0 Å². The molecule has 1 N–H and O–H groups in total. The molecule has 0 radical (unpaired) electrons. The highest BCUT2D eigenvalue weighted by molar-refractivity contribution is 6.35. The van der Waals surface area contributed by atoms with E-state index in [2.05, 4.69) is 41.5 Å². The van der Waals surface area contributed by atoms with Crippen LogP contribution in [-0.4, -0.2) is 4.98 Å². The molecule has 0 unspecified atom stereocenters. The van der Waals surface area contributed by atoms with Crippen LogP contribution in [0, 0.1) is 0 Å². The van der Waals surface area contributed by atoms with Crippen LogP contribution in [0.1, 0.15) is 18.1 Å². The molecule has 21 heavy (non-hydrogen) atoms. The smallest absolute Gasteiger partial charge is 0.0766 e. The first-order chi connectivity index (χ1) is 10.3. The number of anilines is 1. The first-order valence-corrected chi connectivity index (χ1v) is 7.51. The van der Waals surface area contributed by atoms with Crippen LogP contribution >= 0.6 is 11.6 Å². The third-order valence-electron chi connectivity index (χ3n) is 3.67. The van der Waals surface area contributed by atoms with E-state index in [1.165, 1.54) is 11.3 Å². The molecular weight excluding hydrogens is 280 g/mol. The molecule has 0 saturated heterocycles. The second-order valence-corrected chi connectivity index (χ2v) is 5.38. The molecule has 0 aliphatic carbocycles. The normalized spacial score (nSPS) is 10.8. The van der Waals surface area contributed by atoms with Crippen LogP contribution in [0.4, 0.5) is 5.69 Å². The first-order valence-electron chi connectivity index (χ1n) is 7.13. The van der Waals surface area contributed by atoms with Gasteiger partial charge >= 0.3 is 0 Å². The quantitative estimate of drug-likeness (QED) is 0.727. The summed E-state index contributed by atoms with van der Waals surface area (Å²) in [5.41, 5.74) is 4.62. The fourth-order valence-corrected chi connectivity index (χ4v) is 2.75. The van der Waals surface area contributed by atoms with E-state index in [1.54, 1.807) is 0 Å². The van der Waals surface area contributed by atoms with Crippen molar-refractivity contribution in [3.8, 4) is 0 Å². The SMILES string of the molecule is CCc1ccccc1NCc1ccc(Cl)c2cccnc12. The average Bonchev–Trinajstić information content (AvgIpc) is 2.55. The van der Waals surface area contributed by atoms with Crippen LogP contribution < -0.4 is 5.32 Å². The number of pyridine rings is 1. The van der Waals surface area contributed by atoms with E-state index in [0.29, 0.717) is 0 Å². The van der Waals surface area contributed by atoms with Crippen molar-refractivity contribution in [2.45, 2.75) is 19.9 Å². The van der Waals surface area contributed by atoms with Gasteiger partial charge in [0.1, 0.15) is 0 Å². The van der Waals surface area contributed by atoms with Gasteiger partial charge in [0, 0.05) is 28.8 Å². The summed E-state index contributed by atoms with van der Waals surface area (Å²) < 4.78 is 0. The third-order valence-corrected chi connectivity index (χ3v) is 4.00. The summed E-state index contributed by atoms with van der Waals surface area (Å²) in [6, 6.07) is 16.3. The van der Waals surface area contributed by atoms with Gasteiger partial charge in [-0.05, 0) is 41.8 Å². The predicted octanol–water partition coefficient (Wildman–Crippen LogP) is 5.06. The third kappa shape index (κ3) is 2.86. The highest BCUT2D eigenvalue weighted by atomic mass is 35.5. The molecule has 1 aromatic heterocycles. The van der Waals surface area contributed by atoms with Crippen LogP contribution in [-0.2, 0) is 13.0 Å². The minimum absolute atomic E-state index is 0.738. The van der Waals surface area contributed by atoms with Crippen molar-refractivity contribution in [2.75, 3.05) is 5.32 Å². The average molecular weight is 297 g/mol. The predicted molar refractivity (Wildman–Crippen MR) is 89.9 cm³/mol. The Hall–Kier alpha value is -2.06. The number of aromatic nitrogens is 1. The Kier molecular flexibility index (Phi) is 4.07. The summed E-state index contributed by atoms with van der Waals surface area (Å²) in [5.74, 6) is 0. The highest BCUT2D eigenvalue weighted by Crippen LogP contribution is 2.25. The summed E-state index contributed by atoms with van der Waals surface area (Å²) in [4.78, 5) is 4.47. The molecule has 0 spiro atoms. The topological polar surface area (TPSA) is 24.9 Å². The summed E-state index contributed by atoms with van der Waals surface area (Å²) in [5, 5.41) is 5.26. The maximum absolute atomic E-state index is 6.23. The van der Waals surface area contributed by atoms with Crippen LogP contribution in [0.2, 0.25) is 5.02 Å². The van der Waals surface area contributed by atoms with Gasteiger partial charge in [-0.15, -0.1) is 0 Å². The lowest BCUT2D eigenvalue weighted by Crippen LogP contribution is -2.03. The zero-order chi connectivity index (χ0) is 14.7. The maximum Gasteiger partial charge on any atom is 0.0766 e. The zero-order valence-corrected chi connectivity index (χ0v) is 12.7. The summed E-state index contributed by atoms with van der Waals surface area (Å²) in [7, 11) is 0. The summed E-state index contributed by atoms with van der Waals surface area (Å²) in [6.45, 7) is 2.90. The van der Waals surface area contributed by atoms with Crippen molar-refractivity contribution in [1.82, 2.24) is 4.98 Å². The molecule has 0 amide bonds. The first kappa shape index (κ1) is 13.9. The van der Waals surface area contributed by atoms with Gasteiger partial charge in [0.15, 0.2) is 0 Å². The maximum atomic E-state index is 6.23. The molecule has 0 bridgehead atoms. The number of halogens is 1. The molecule has 1 heterocycles. The zero-order valence-electron chi connectivity index (χ0n) is 11.9. The molecular formula is C18H17ClN2. The number of rotatable bonds is 4.